The maximum Gasteiger partial charge on any atom is 0.239 e. The summed E-state index contributed by atoms with van der Waals surface area (Å²) in [7, 11) is 0. The van der Waals surface area contributed by atoms with Crippen molar-refractivity contribution >= 4 is 29.4 Å². The lowest BCUT2D eigenvalue weighted by Gasteiger charge is -2.48. The molecule has 4 aromatic rings. The molecule has 1 saturated heterocycles. The highest BCUT2D eigenvalue weighted by Crippen LogP contribution is 2.60. The number of aryl methyl sites for hydroxylation is 2. The number of anilines is 1. The molecule has 2 amide bonds. The average Bonchev–Trinajstić information content (AvgIpc) is 3.15. The highest BCUT2D eigenvalue weighted by molar-refractivity contribution is 6.25. The Bertz CT molecular complexity index is 1610. The zero-order chi connectivity index (χ0) is 25.3. The molecular formula is C33H26N2O2. The van der Waals surface area contributed by atoms with Crippen LogP contribution < -0.4 is 4.90 Å². The number of benzene rings is 4. The SMILES string of the molecule is Cc1ccc(N2C(=O)[C@H]3[C@H]4c5ccc(cc5)[C@@](C=Nc5ccccc5)(c5ccccc54)[C@H]3C2=O)c(C)c1. The van der Waals surface area contributed by atoms with Crippen LogP contribution in [-0.4, -0.2) is 18.0 Å². The van der Waals surface area contributed by atoms with Gasteiger partial charge in [0.05, 0.1) is 28.6 Å². The number of para-hydroxylation sites is 1. The number of hydrogen-bond acceptors (Lipinski definition) is 3. The first-order chi connectivity index (χ1) is 18.0. The summed E-state index contributed by atoms with van der Waals surface area (Å²) in [5.41, 5.74) is 6.87. The molecule has 4 nitrogen and oxygen atoms in total. The summed E-state index contributed by atoms with van der Waals surface area (Å²) in [6, 6.07) is 32.4. The molecule has 0 unspecified atom stereocenters. The van der Waals surface area contributed by atoms with Crippen molar-refractivity contribution in [2.75, 3.05) is 4.90 Å². The van der Waals surface area contributed by atoms with Crippen LogP contribution in [0.15, 0.2) is 102 Å². The molecule has 5 aliphatic carbocycles. The van der Waals surface area contributed by atoms with Crippen molar-refractivity contribution in [1.82, 2.24) is 0 Å². The second-order valence-electron chi connectivity index (χ2n) is 10.5. The number of carbonyl (C=O) groups excluding carboxylic acids is 2. The van der Waals surface area contributed by atoms with E-state index in [1.807, 2.05) is 80.7 Å². The molecule has 180 valence electrons. The number of imide groups is 1. The lowest BCUT2D eigenvalue weighted by molar-refractivity contribution is -0.122. The fraction of sp³-hybridized carbons (Fsp3) is 0.182. The van der Waals surface area contributed by atoms with Gasteiger partial charge in [0.25, 0.3) is 0 Å². The fourth-order valence-electron chi connectivity index (χ4n) is 6.91. The Hall–Kier alpha value is -4.31. The van der Waals surface area contributed by atoms with Crippen molar-refractivity contribution in [3.05, 3.63) is 130 Å². The van der Waals surface area contributed by atoms with E-state index in [9.17, 15) is 9.59 Å². The quantitative estimate of drug-likeness (QED) is 0.256. The van der Waals surface area contributed by atoms with E-state index in [4.69, 9.17) is 4.99 Å². The Kier molecular flexibility index (Phi) is 4.65. The van der Waals surface area contributed by atoms with Crippen molar-refractivity contribution in [3.8, 4) is 0 Å². The van der Waals surface area contributed by atoms with E-state index in [0.29, 0.717) is 5.69 Å². The number of aliphatic imine (C=N–C) groups is 1. The van der Waals surface area contributed by atoms with Crippen molar-refractivity contribution in [2.45, 2.75) is 25.2 Å². The van der Waals surface area contributed by atoms with E-state index in [-0.39, 0.29) is 17.7 Å². The maximum absolute atomic E-state index is 14.5. The maximum atomic E-state index is 14.5. The van der Waals surface area contributed by atoms with Crippen LogP contribution in [0.2, 0.25) is 0 Å². The molecule has 1 heterocycles. The molecule has 0 saturated carbocycles. The molecule has 0 N–H and O–H groups in total. The number of nitrogens with zero attached hydrogens (tertiary/aromatic N) is 2. The highest BCUT2D eigenvalue weighted by atomic mass is 16.2. The molecule has 37 heavy (non-hydrogen) atoms. The topological polar surface area (TPSA) is 49.7 Å². The molecule has 4 bridgehead atoms. The van der Waals surface area contributed by atoms with E-state index in [1.54, 1.807) is 0 Å². The lowest BCUT2D eigenvalue weighted by Crippen LogP contribution is -2.51. The minimum absolute atomic E-state index is 0.124. The van der Waals surface area contributed by atoms with Gasteiger partial charge in [-0.05, 0) is 59.9 Å². The number of carbonyl (C=O) groups is 2. The minimum atomic E-state index is -0.868. The van der Waals surface area contributed by atoms with Gasteiger partial charge in [0.15, 0.2) is 0 Å². The van der Waals surface area contributed by atoms with E-state index in [0.717, 1.165) is 39.1 Å². The van der Waals surface area contributed by atoms with Crippen LogP contribution in [0.1, 0.15) is 39.3 Å². The predicted molar refractivity (Wildman–Crippen MR) is 145 cm³/mol. The Morgan fingerprint density at radius 3 is 2.30 bits per heavy atom. The second kappa shape index (κ2) is 7.84. The molecule has 4 aromatic carbocycles. The molecule has 1 fully saturated rings. The molecule has 4 heteroatoms. The first kappa shape index (κ1) is 21.9. The zero-order valence-electron chi connectivity index (χ0n) is 20.8. The summed E-state index contributed by atoms with van der Waals surface area (Å²) in [5.74, 6) is -1.57. The van der Waals surface area contributed by atoms with Gasteiger partial charge < -0.3 is 0 Å². The van der Waals surface area contributed by atoms with E-state index in [2.05, 4.69) is 36.4 Å². The summed E-state index contributed by atoms with van der Waals surface area (Å²) in [5, 5.41) is 0. The Morgan fingerprint density at radius 2 is 1.54 bits per heavy atom. The third-order valence-corrected chi connectivity index (χ3v) is 8.46. The summed E-state index contributed by atoms with van der Waals surface area (Å²) >= 11 is 0. The number of amides is 2. The molecule has 6 aliphatic rings. The van der Waals surface area contributed by atoms with Crippen LogP contribution in [0.3, 0.4) is 0 Å². The van der Waals surface area contributed by atoms with Crippen LogP contribution in [0.25, 0.3) is 0 Å². The van der Waals surface area contributed by atoms with Crippen LogP contribution in [0.4, 0.5) is 11.4 Å². The van der Waals surface area contributed by atoms with Crippen LogP contribution >= 0.6 is 0 Å². The standard InChI is InChI=1S/C33H26N2O2/c1-20-12-17-27(21(2)18-20)35-31(36)29-28-22-13-15-23(16-14-22)33(30(29)32(35)37,26-11-7-6-10-25(26)28)19-34-24-8-4-3-5-9-24/h3-19,28-30H,1-2H3/t28-,29-,30+,33-/m0/s1. The van der Waals surface area contributed by atoms with Gasteiger partial charge in [-0.2, -0.15) is 0 Å². The Balaban J connectivity index is 1.52. The first-order valence-electron chi connectivity index (χ1n) is 12.8. The van der Waals surface area contributed by atoms with E-state index in [1.165, 1.54) is 4.90 Å². The normalized spacial score (nSPS) is 25.4. The van der Waals surface area contributed by atoms with Crippen molar-refractivity contribution < 1.29 is 9.59 Å². The fourth-order valence-corrected chi connectivity index (χ4v) is 6.91. The highest BCUT2D eigenvalue weighted by Gasteiger charge is 2.65. The lowest BCUT2D eigenvalue weighted by atomic mass is 9.52. The van der Waals surface area contributed by atoms with Gasteiger partial charge in [0.1, 0.15) is 0 Å². The van der Waals surface area contributed by atoms with Crippen LogP contribution in [0, 0.1) is 25.7 Å². The smallest absolute Gasteiger partial charge is 0.239 e. The molecular weight excluding hydrogens is 456 g/mol. The molecule has 0 radical (unpaired) electrons. The molecule has 0 spiro atoms. The number of hydrogen-bond donors (Lipinski definition) is 0. The molecule has 4 atom stereocenters. The molecule has 10 rings (SSSR count). The zero-order valence-corrected chi connectivity index (χ0v) is 20.8. The van der Waals surface area contributed by atoms with Crippen molar-refractivity contribution in [1.29, 1.82) is 0 Å². The van der Waals surface area contributed by atoms with Crippen LogP contribution in [0.5, 0.6) is 0 Å². The van der Waals surface area contributed by atoms with Gasteiger partial charge in [-0.15, -0.1) is 0 Å². The Labute approximate surface area is 216 Å². The van der Waals surface area contributed by atoms with Gasteiger partial charge in [-0.1, -0.05) is 84.4 Å². The summed E-state index contributed by atoms with van der Waals surface area (Å²) < 4.78 is 0. The Morgan fingerprint density at radius 1 is 0.811 bits per heavy atom. The largest absolute Gasteiger partial charge is 0.274 e. The number of rotatable bonds is 3. The molecule has 0 aromatic heterocycles. The van der Waals surface area contributed by atoms with Crippen molar-refractivity contribution in [3.63, 3.8) is 0 Å². The van der Waals surface area contributed by atoms with Gasteiger partial charge in [-0.3, -0.25) is 14.6 Å². The van der Waals surface area contributed by atoms with E-state index >= 15 is 0 Å². The second-order valence-corrected chi connectivity index (χ2v) is 10.5. The van der Waals surface area contributed by atoms with Gasteiger partial charge in [0, 0.05) is 12.1 Å². The van der Waals surface area contributed by atoms with Gasteiger partial charge in [-0.25, -0.2) is 4.90 Å². The van der Waals surface area contributed by atoms with Crippen LogP contribution in [-0.2, 0) is 15.0 Å². The summed E-state index contributed by atoms with van der Waals surface area (Å²) in [6.45, 7) is 3.99. The third kappa shape index (κ3) is 2.93. The monoisotopic (exact) mass is 482 g/mol. The van der Waals surface area contributed by atoms with Crippen molar-refractivity contribution in [2.24, 2.45) is 16.8 Å². The third-order valence-electron chi connectivity index (χ3n) is 8.46. The van der Waals surface area contributed by atoms with Gasteiger partial charge in [0.2, 0.25) is 11.8 Å². The first-order valence-corrected chi connectivity index (χ1v) is 12.8. The average molecular weight is 483 g/mol. The van der Waals surface area contributed by atoms with Gasteiger partial charge >= 0.3 is 0 Å². The molecule has 1 aliphatic heterocycles. The predicted octanol–water partition coefficient (Wildman–Crippen LogP) is 6.26. The summed E-state index contributed by atoms with van der Waals surface area (Å²) in [4.78, 5) is 35.2. The van der Waals surface area contributed by atoms with E-state index < -0.39 is 17.3 Å². The minimum Gasteiger partial charge on any atom is -0.274 e. The summed E-state index contributed by atoms with van der Waals surface area (Å²) in [6.07, 6.45) is 1.94.